The van der Waals surface area contributed by atoms with E-state index in [-0.39, 0.29) is 0 Å². The SMILES string of the molecule is CCCNC(N)=NCc1ccnc(OCC2CC2)c1. The molecule has 0 bridgehead atoms. The molecule has 1 aliphatic carbocycles. The molecule has 3 N–H and O–H groups in total. The highest BCUT2D eigenvalue weighted by Gasteiger charge is 2.22. The van der Waals surface area contributed by atoms with Gasteiger partial charge in [-0.05, 0) is 36.8 Å². The van der Waals surface area contributed by atoms with E-state index in [1.807, 2.05) is 12.1 Å². The van der Waals surface area contributed by atoms with Gasteiger partial charge in [-0.25, -0.2) is 9.98 Å². The number of pyridine rings is 1. The summed E-state index contributed by atoms with van der Waals surface area (Å²) in [7, 11) is 0. The maximum absolute atomic E-state index is 5.74. The molecule has 0 amide bonds. The molecule has 0 aromatic carbocycles. The molecule has 0 spiro atoms. The molecule has 1 aromatic rings. The number of ether oxygens (including phenoxy) is 1. The fraction of sp³-hybridized carbons (Fsp3) is 0.571. The summed E-state index contributed by atoms with van der Waals surface area (Å²) in [6, 6.07) is 3.86. The highest BCUT2D eigenvalue weighted by molar-refractivity contribution is 5.77. The molecule has 2 rings (SSSR count). The molecule has 5 nitrogen and oxygen atoms in total. The average molecular weight is 262 g/mol. The van der Waals surface area contributed by atoms with Crippen molar-refractivity contribution in [2.24, 2.45) is 16.6 Å². The van der Waals surface area contributed by atoms with Gasteiger partial charge in [0.25, 0.3) is 0 Å². The van der Waals surface area contributed by atoms with Crippen molar-refractivity contribution in [1.29, 1.82) is 0 Å². The number of hydrogen-bond acceptors (Lipinski definition) is 3. The average Bonchev–Trinajstić information content (AvgIpc) is 3.25. The van der Waals surface area contributed by atoms with Crippen LogP contribution >= 0.6 is 0 Å². The Balaban J connectivity index is 1.83. The lowest BCUT2D eigenvalue weighted by Gasteiger charge is -2.06. The summed E-state index contributed by atoms with van der Waals surface area (Å²) in [5, 5.41) is 3.05. The van der Waals surface area contributed by atoms with Crippen LogP contribution in [0.25, 0.3) is 0 Å². The predicted octanol–water partition coefficient (Wildman–Crippen LogP) is 1.68. The van der Waals surface area contributed by atoms with E-state index in [4.69, 9.17) is 10.5 Å². The molecule has 104 valence electrons. The molecular weight excluding hydrogens is 240 g/mol. The first-order chi connectivity index (χ1) is 9.28. The molecule has 5 heteroatoms. The van der Waals surface area contributed by atoms with E-state index >= 15 is 0 Å². The number of rotatable bonds is 7. The van der Waals surface area contributed by atoms with Gasteiger partial charge in [0.05, 0.1) is 13.2 Å². The van der Waals surface area contributed by atoms with Gasteiger partial charge in [-0.1, -0.05) is 6.92 Å². The highest BCUT2D eigenvalue weighted by Crippen LogP contribution is 2.29. The molecule has 0 atom stereocenters. The van der Waals surface area contributed by atoms with Crippen molar-refractivity contribution in [1.82, 2.24) is 10.3 Å². The molecule has 0 unspecified atom stereocenters. The molecular formula is C14H22N4O. The van der Waals surface area contributed by atoms with Crippen molar-refractivity contribution in [2.45, 2.75) is 32.7 Å². The molecule has 1 aromatic heterocycles. The van der Waals surface area contributed by atoms with Crippen LogP contribution in [0.1, 0.15) is 31.7 Å². The summed E-state index contributed by atoms with van der Waals surface area (Å²) in [4.78, 5) is 8.48. The van der Waals surface area contributed by atoms with E-state index in [1.165, 1.54) is 12.8 Å². The highest BCUT2D eigenvalue weighted by atomic mass is 16.5. The largest absolute Gasteiger partial charge is 0.477 e. The Morgan fingerprint density at radius 3 is 3.16 bits per heavy atom. The topological polar surface area (TPSA) is 72.5 Å². The van der Waals surface area contributed by atoms with Crippen molar-refractivity contribution in [3.8, 4) is 5.88 Å². The second-order valence-electron chi connectivity index (χ2n) is 4.88. The van der Waals surface area contributed by atoms with Gasteiger partial charge in [0.15, 0.2) is 5.96 Å². The van der Waals surface area contributed by atoms with Crippen LogP contribution < -0.4 is 15.8 Å². The number of aliphatic imine (C=N–C) groups is 1. The number of nitrogens with one attached hydrogen (secondary N) is 1. The minimum Gasteiger partial charge on any atom is -0.477 e. The van der Waals surface area contributed by atoms with Gasteiger partial charge in [-0.3, -0.25) is 0 Å². The van der Waals surface area contributed by atoms with Crippen LogP contribution in [0.15, 0.2) is 23.3 Å². The number of guanidine groups is 1. The molecule has 0 saturated heterocycles. The summed E-state index contributed by atoms with van der Waals surface area (Å²) < 4.78 is 5.64. The van der Waals surface area contributed by atoms with Gasteiger partial charge in [-0.15, -0.1) is 0 Å². The third kappa shape index (κ3) is 5.16. The Bertz CT molecular complexity index is 429. The van der Waals surface area contributed by atoms with E-state index in [9.17, 15) is 0 Å². The van der Waals surface area contributed by atoms with E-state index in [2.05, 4.69) is 22.2 Å². The van der Waals surface area contributed by atoms with Crippen LogP contribution in [-0.2, 0) is 6.54 Å². The van der Waals surface area contributed by atoms with Crippen molar-refractivity contribution >= 4 is 5.96 Å². The molecule has 0 radical (unpaired) electrons. The van der Waals surface area contributed by atoms with Gasteiger partial charge in [0.2, 0.25) is 5.88 Å². The van der Waals surface area contributed by atoms with Gasteiger partial charge < -0.3 is 15.8 Å². The molecule has 1 fully saturated rings. The van der Waals surface area contributed by atoms with Crippen LogP contribution in [0.5, 0.6) is 5.88 Å². The zero-order chi connectivity index (χ0) is 13.5. The number of hydrogen-bond donors (Lipinski definition) is 2. The van der Waals surface area contributed by atoms with Crippen LogP contribution in [0.3, 0.4) is 0 Å². The van der Waals surface area contributed by atoms with Crippen molar-refractivity contribution in [3.05, 3.63) is 23.9 Å². The van der Waals surface area contributed by atoms with E-state index in [0.717, 1.165) is 31.1 Å². The standard InChI is InChI=1S/C14H22N4O/c1-2-6-17-14(15)18-9-12-5-7-16-13(8-12)19-10-11-3-4-11/h5,7-8,11H,2-4,6,9-10H2,1H3,(H3,15,17,18). The van der Waals surface area contributed by atoms with Crippen LogP contribution in [-0.4, -0.2) is 24.1 Å². The van der Waals surface area contributed by atoms with Crippen LogP contribution in [0.4, 0.5) is 0 Å². The molecule has 0 aliphatic heterocycles. The summed E-state index contributed by atoms with van der Waals surface area (Å²) in [5.41, 5.74) is 6.80. The number of nitrogens with zero attached hydrogens (tertiary/aromatic N) is 2. The molecule has 1 saturated carbocycles. The first-order valence-electron chi connectivity index (χ1n) is 6.89. The second-order valence-corrected chi connectivity index (χ2v) is 4.88. The Hall–Kier alpha value is -1.78. The Morgan fingerprint density at radius 1 is 1.58 bits per heavy atom. The van der Waals surface area contributed by atoms with Crippen molar-refractivity contribution in [3.63, 3.8) is 0 Å². The minimum atomic E-state index is 0.485. The third-order valence-corrected chi connectivity index (χ3v) is 2.95. The zero-order valence-corrected chi connectivity index (χ0v) is 11.4. The zero-order valence-electron chi connectivity index (χ0n) is 11.4. The lowest BCUT2D eigenvalue weighted by Crippen LogP contribution is -2.32. The maximum atomic E-state index is 5.74. The number of aromatic nitrogens is 1. The minimum absolute atomic E-state index is 0.485. The summed E-state index contributed by atoms with van der Waals surface area (Å²) >= 11 is 0. The third-order valence-electron chi connectivity index (χ3n) is 2.95. The molecule has 1 heterocycles. The quantitative estimate of drug-likeness (QED) is 0.579. The Morgan fingerprint density at radius 2 is 2.42 bits per heavy atom. The van der Waals surface area contributed by atoms with Gasteiger partial charge in [0.1, 0.15) is 0 Å². The molecule has 1 aliphatic rings. The summed E-state index contributed by atoms with van der Waals surface area (Å²) in [5.74, 6) is 1.90. The Kier molecular flexibility index (Phi) is 5.01. The first-order valence-corrected chi connectivity index (χ1v) is 6.89. The second kappa shape index (κ2) is 6.97. The summed E-state index contributed by atoms with van der Waals surface area (Å²) in [6.07, 6.45) is 5.35. The fourth-order valence-electron chi connectivity index (χ4n) is 1.60. The van der Waals surface area contributed by atoms with E-state index in [0.29, 0.717) is 18.4 Å². The normalized spacial score (nSPS) is 15.3. The predicted molar refractivity (Wildman–Crippen MR) is 76.1 cm³/mol. The van der Waals surface area contributed by atoms with E-state index < -0.39 is 0 Å². The van der Waals surface area contributed by atoms with Crippen LogP contribution in [0, 0.1) is 5.92 Å². The lowest BCUT2D eigenvalue weighted by molar-refractivity contribution is 0.288. The Labute approximate surface area is 114 Å². The number of nitrogens with two attached hydrogens (primary N) is 1. The monoisotopic (exact) mass is 262 g/mol. The lowest BCUT2D eigenvalue weighted by atomic mass is 10.3. The fourth-order valence-corrected chi connectivity index (χ4v) is 1.60. The van der Waals surface area contributed by atoms with E-state index in [1.54, 1.807) is 6.20 Å². The van der Waals surface area contributed by atoms with Gasteiger partial charge in [0, 0.05) is 18.8 Å². The molecule has 19 heavy (non-hydrogen) atoms. The smallest absolute Gasteiger partial charge is 0.213 e. The van der Waals surface area contributed by atoms with Gasteiger partial charge >= 0.3 is 0 Å². The maximum Gasteiger partial charge on any atom is 0.213 e. The first kappa shape index (κ1) is 13.6. The van der Waals surface area contributed by atoms with Crippen LogP contribution in [0.2, 0.25) is 0 Å². The van der Waals surface area contributed by atoms with Crippen molar-refractivity contribution < 1.29 is 4.74 Å². The summed E-state index contributed by atoms with van der Waals surface area (Å²) in [6.45, 7) is 4.26. The van der Waals surface area contributed by atoms with Gasteiger partial charge in [-0.2, -0.15) is 0 Å². The van der Waals surface area contributed by atoms with Crippen molar-refractivity contribution in [2.75, 3.05) is 13.2 Å².